The molecule has 0 spiro atoms. The second-order valence-corrected chi connectivity index (χ2v) is 6.09. The number of hydrogen-bond donors (Lipinski definition) is 0. The van der Waals surface area contributed by atoms with E-state index in [0.29, 0.717) is 16.6 Å². The molecule has 0 saturated heterocycles. The molecule has 2 rings (SSSR count). The molecule has 0 saturated carbocycles. The lowest BCUT2D eigenvalue weighted by Crippen LogP contribution is -2.26. The summed E-state index contributed by atoms with van der Waals surface area (Å²) >= 11 is 6.68. The van der Waals surface area contributed by atoms with Crippen molar-refractivity contribution in [3.8, 4) is 0 Å². The Balaban J connectivity index is 2.19. The van der Waals surface area contributed by atoms with Crippen LogP contribution in [0.15, 0.2) is 51.4 Å². The van der Waals surface area contributed by atoms with Crippen LogP contribution in [0.1, 0.15) is 15.9 Å². The van der Waals surface area contributed by atoms with E-state index in [2.05, 4.69) is 31.9 Å². The van der Waals surface area contributed by atoms with Crippen LogP contribution in [0.25, 0.3) is 0 Å². The first kappa shape index (κ1) is 15.2. The lowest BCUT2D eigenvalue weighted by molar-refractivity contribution is 0.0784. The molecule has 2 aromatic rings. The number of carbonyl (C=O) groups excluding carboxylic acids is 1. The molecule has 0 bridgehead atoms. The van der Waals surface area contributed by atoms with Crippen molar-refractivity contribution in [1.29, 1.82) is 0 Å². The van der Waals surface area contributed by atoms with Gasteiger partial charge in [-0.15, -0.1) is 0 Å². The van der Waals surface area contributed by atoms with E-state index in [1.807, 2.05) is 24.3 Å². The molecule has 5 heteroatoms. The molecule has 104 valence electrons. The highest BCUT2D eigenvalue weighted by Crippen LogP contribution is 2.22. The van der Waals surface area contributed by atoms with Gasteiger partial charge in [0.25, 0.3) is 5.91 Å². The molecule has 0 aliphatic carbocycles. The molecule has 0 aliphatic rings. The number of amides is 1. The lowest BCUT2D eigenvalue weighted by atomic mass is 10.1. The summed E-state index contributed by atoms with van der Waals surface area (Å²) in [6.07, 6.45) is 0. The van der Waals surface area contributed by atoms with Gasteiger partial charge in [-0.2, -0.15) is 0 Å². The average molecular weight is 401 g/mol. The summed E-state index contributed by atoms with van der Waals surface area (Å²) in [5.74, 6) is -0.533. The lowest BCUT2D eigenvalue weighted by Gasteiger charge is -2.19. The summed E-state index contributed by atoms with van der Waals surface area (Å²) in [7, 11) is 1.72. The van der Waals surface area contributed by atoms with Crippen molar-refractivity contribution in [1.82, 2.24) is 4.90 Å². The Kier molecular flexibility index (Phi) is 4.94. The van der Waals surface area contributed by atoms with Gasteiger partial charge in [-0.1, -0.05) is 34.1 Å². The number of halogens is 3. The van der Waals surface area contributed by atoms with E-state index in [9.17, 15) is 9.18 Å². The van der Waals surface area contributed by atoms with Crippen molar-refractivity contribution in [2.75, 3.05) is 7.05 Å². The van der Waals surface area contributed by atoms with Gasteiger partial charge in [0.05, 0.1) is 5.56 Å². The molecule has 0 atom stereocenters. The fourth-order valence-corrected chi connectivity index (χ4v) is 2.75. The Bertz CT molecular complexity index is 646. The molecular weight excluding hydrogens is 389 g/mol. The number of nitrogens with zero attached hydrogens (tertiary/aromatic N) is 1. The maximum atomic E-state index is 13.1. The van der Waals surface area contributed by atoms with Crippen molar-refractivity contribution < 1.29 is 9.18 Å². The third-order valence-corrected chi connectivity index (χ3v) is 4.30. The number of carbonyl (C=O) groups is 1. The van der Waals surface area contributed by atoms with Crippen LogP contribution >= 0.6 is 31.9 Å². The Hall–Kier alpha value is -1.20. The van der Waals surface area contributed by atoms with Crippen molar-refractivity contribution in [3.05, 3.63) is 68.4 Å². The van der Waals surface area contributed by atoms with Gasteiger partial charge in [-0.3, -0.25) is 4.79 Å². The van der Waals surface area contributed by atoms with Crippen LogP contribution in [0, 0.1) is 5.82 Å². The van der Waals surface area contributed by atoms with Gasteiger partial charge in [-0.25, -0.2) is 4.39 Å². The van der Waals surface area contributed by atoms with Crippen molar-refractivity contribution in [2.45, 2.75) is 6.54 Å². The van der Waals surface area contributed by atoms with Crippen LogP contribution in [-0.2, 0) is 6.54 Å². The van der Waals surface area contributed by atoms with E-state index in [1.165, 1.54) is 18.2 Å². The van der Waals surface area contributed by atoms with Crippen molar-refractivity contribution >= 4 is 37.8 Å². The Morgan fingerprint density at radius 1 is 1.15 bits per heavy atom. The number of hydrogen-bond acceptors (Lipinski definition) is 1. The van der Waals surface area contributed by atoms with Crippen LogP contribution in [-0.4, -0.2) is 17.9 Å². The SMILES string of the molecule is CN(Cc1ccccc1Br)C(=O)c1ccc(F)cc1Br. The number of rotatable bonds is 3. The molecule has 0 N–H and O–H groups in total. The summed E-state index contributed by atoms with van der Waals surface area (Å²) in [5.41, 5.74) is 1.46. The van der Waals surface area contributed by atoms with Gasteiger partial charge in [0.2, 0.25) is 0 Å². The first-order valence-electron chi connectivity index (χ1n) is 5.93. The quantitative estimate of drug-likeness (QED) is 0.735. The summed E-state index contributed by atoms with van der Waals surface area (Å²) in [4.78, 5) is 13.9. The fraction of sp³-hybridized carbons (Fsp3) is 0.133. The van der Waals surface area contributed by atoms with Crippen LogP contribution in [0.4, 0.5) is 4.39 Å². The van der Waals surface area contributed by atoms with Gasteiger partial charge in [0, 0.05) is 22.5 Å². The zero-order valence-electron chi connectivity index (χ0n) is 10.7. The van der Waals surface area contributed by atoms with Crippen LogP contribution in [0.2, 0.25) is 0 Å². The van der Waals surface area contributed by atoms with E-state index in [-0.39, 0.29) is 11.7 Å². The van der Waals surface area contributed by atoms with E-state index in [0.717, 1.165) is 10.0 Å². The monoisotopic (exact) mass is 399 g/mol. The predicted molar refractivity (Wildman–Crippen MR) is 84.0 cm³/mol. The molecule has 0 heterocycles. The fourth-order valence-electron chi connectivity index (χ4n) is 1.82. The summed E-state index contributed by atoms with van der Waals surface area (Å²) < 4.78 is 14.5. The van der Waals surface area contributed by atoms with Gasteiger partial charge in [-0.05, 0) is 45.8 Å². The first-order chi connectivity index (χ1) is 9.49. The molecule has 20 heavy (non-hydrogen) atoms. The second kappa shape index (κ2) is 6.50. The summed E-state index contributed by atoms with van der Waals surface area (Å²) in [6, 6.07) is 11.8. The van der Waals surface area contributed by atoms with Crippen molar-refractivity contribution in [2.24, 2.45) is 0 Å². The largest absolute Gasteiger partial charge is 0.337 e. The maximum Gasteiger partial charge on any atom is 0.255 e. The summed E-state index contributed by atoms with van der Waals surface area (Å²) in [6.45, 7) is 0.476. The van der Waals surface area contributed by atoms with E-state index < -0.39 is 0 Å². The first-order valence-corrected chi connectivity index (χ1v) is 7.51. The minimum absolute atomic E-state index is 0.160. The van der Waals surface area contributed by atoms with Gasteiger partial charge in [0.1, 0.15) is 5.82 Å². The Labute approximate surface area is 133 Å². The standard InChI is InChI=1S/C15H12Br2FNO/c1-19(9-10-4-2-3-5-13(10)16)15(20)12-7-6-11(18)8-14(12)17/h2-8H,9H2,1H3. The minimum Gasteiger partial charge on any atom is -0.337 e. The molecule has 0 fully saturated rings. The smallest absolute Gasteiger partial charge is 0.255 e. The third kappa shape index (κ3) is 3.46. The molecule has 0 aromatic heterocycles. The second-order valence-electron chi connectivity index (χ2n) is 4.38. The zero-order chi connectivity index (χ0) is 14.7. The van der Waals surface area contributed by atoms with E-state index >= 15 is 0 Å². The van der Waals surface area contributed by atoms with E-state index in [1.54, 1.807) is 11.9 Å². The molecular formula is C15H12Br2FNO. The highest BCUT2D eigenvalue weighted by Gasteiger charge is 2.16. The van der Waals surface area contributed by atoms with Gasteiger partial charge < -0.3 is 4.90 Å². The average Bonchev–Trinajstić information content (AvgIpc) is 2.40. The van der Waals surface area contributed by atoms with Gasteiger partial charge in [0.15, 0.2) is 0 Å². The Morgan fingerprint density at radius 2 is 1.85 bits per heavy atom. The molecule has 2 nitrogen and oxygen atoms in total. The van der Waals surface area contributed by atoms with Crippen LogP contribution in [0.5, 0.6) is 0 Å². The molecule has 0 unspecified atom stereocenters. The molecule has 0 radical (unpaired) electrons. The Morgan fingerprint density at radius 3 is 2.50 bits per heavy atom. The predicted octanol–water partition coefficient (Wildman–Crippen LogP) is 4.62. The highest BCUT2D eigenvalue weighted by atomic mass is 79.9. The van der Waals surface area contributed by atoms with Crippen molar-refractivity contribution in [3.63, 3.8) is 0 Å². The number of benzene rings is 2. The highest BCUT2D eigenvalue weighted by molar-refractivity contribution is 9.10. The van der Waals surface area contributed by atoms with E-state index in [4.69, 9.17) is 0 Å². The normalized spacial score (nSPS) is 10.4. The van der Waals surface area contributed by atoms with Gasteiger partial charge >= 0.3 is 0 Å². The topological polar surface area (TPSA) is 20.3 Å². The third-order valence-electron chi connectivity index (χ3n) is 2.87. The molecule has 2 aromatic carbocycles. The van der Waals surface area contributed by atoms with Crippen LogP contribution in [0.3, 0.4) is 0 Å². The van der Waals surface area contributed by atoms with Crippen LogP contribution < -0.4 is 0 Å². The molecule has 0 aliphatic heterocycles. The minimum atomic E-state index is -0.373. The maximum absolute atomic E-state index is 13.1. The zero-order valence-corrected chi connectivity index (χ0v) is 13.9. The molecule has 1 amide bonds. The summed E-state index contributed by atoms with van der Waals surface area (Å²) in [5, 5.41) is 0.